The Morgan fingerprint density at radius 1 is 1.62 bits per heavy atom. The van der Waals surface area contributed by atoms with Crippen molar-refractivity contribution in [2.45, 2.75) is 0 Å². The molecule has 5 heteroatoms. The van der Waals surface area contributed by atoms with Crippen LogP contribution in [-0.2, 0) is 0 Å². The molecule has 0 radical (unpaired) electrons. The highest BCUT2D eigenvalue weighted by atomic mass is 79.9. The number of halogens is 2. The van der Waals surface area contributed by atoms with E-state index in [9.17, 15) is 0 Å². The van der Waals surface area contributed by atoms with E-state index in [4.69, 9.17) is 22.2 Å². The van der Waals surface area contributed by atoms with Gasteiger partial charge < -0.3 is 10.6 Å². The molecule has 0 fully saturated rings. The Bertz CT molecular complexity index is 341. The minimum Gasteiger partial charge on any atom is -0.496 e. The quantitative estimate of drug-likeness (QED) is 0.506. The molecule has 3 nitrogen and oxygen atoms in total. The first-order valence-electron chi connectivity index (χ1n) is 3.46. The van der Waals surface area contributed by atoms with Crippen LogP contribution in [0, 0.1) is 0 Å². The van der Waals surface area contributed by atoms with Gasteiger partial charge in [0.25, 0.3) is 0 Å². The second kappa shape index (κ2) is 4.48. The summed E-state index contributed by atoms with van der Waals surface area (Å²) in [6.07, 6.45) is 1.45. The summed E-state index contributed by atoms with van der Waals surface area (Å²) >= 11 is 9.27. The van der Waals surface area contributed by atoms with Crippen molar-refractivity contribution in [3.05, 3.63) is 27.2 Å². The number of ether oxygens (including phenoxy) is 1. The lowest BCUT2D eigenvalue weighted by Gasteiger charge is -2.06. The minimum atomic E-state index is 0.536. The number of nitrogens with zero attached hydrogens (tertiary/aromatic N) is 1. The molecule has 1 aromatic carbocycles. The van der Waals surface area contributed by atoms with E-state index in [1.165, 1.54) is 6.21 Å². The van der Waals surface area contributed by atoms with Gasteiger partial charge in [-0.25, -0.2) is 0 Å². The molecular formula is C8H8BrClN2O. The Balaban J connectivity index is 3.32. The van der Waals surface area contributed by atoms with E-state index in [1.807, 2.05) is 0 Å². The van der Waals surface area contributed by atoms with Crippen molar-refractivity contribution in [1.29, 1.82) is 0 Å². The molecule has 0 spiro atoms. The third kappa shape index (κ3) is 2.14. The molecule has 0 amide bonds. The van der Waals surface area contributed by atoms with Gasteiger partial charge in [-0.05, 0) is 28.1 Å². The summed E-state index contributed by atoms with van der Waals surface area (Å²) in [4.78, 5) is 0. The Morgan fingerprint density at radius 3 is 2.85 bits per heavy atom. The molecule has 13 heavy (non-hydrogen) atoms. The lowest BCUT2D eigenvalue weighted by Crippen LogP contribution is -1.94. The van der Waals surface area contributed by atoms with Gasteiger partial charge in [0.05, 0.1) is 23.9 Å². The van der Waals surface area contributed by atoms with Crippen molar-refractivity contribution in [3.8, 4) is 5.75 Å². The number of benzene rings is 1. The molecule has 70 valence electrons. The zero-order valence-electron chi connectivity index (χ0n) is 6.92. The van der Waals surface area contributed by atoms with Gasteiger partial charge >= 0.3 is 0 Å². The summed E-state index contributed by atoms with van der Waals surface area (Å²) in [5.74, 6) is 5.68. The highest BCUT2D eigenvalue weighted by Crippen LogP contribution is 2.31. The van der Waals surface area contributed by atoms with E-state index < -0.39 is 0 Å². The maximum Gasteiger partial charge on any atom is 0.129 e. The molecule has 0 aromatic heterocycles. The number of methoxy groups -OCH3 is 1. The third-order valence-electron chi connectivity index (χ3n) is 1.52. The van der Waals surface area contributed by atoms with Crippen LogP contribution in [0.2, 0.25) is 5.02 Å². The number of hydrazone groups is 1. The van der Waals surface area contributed by atoms with Crippen LogP contribution < -0.4 is 10.6 Å². The zero-order chi connectivity index (χ0) is 9.84. The molecular weight excluding hydrogens is 255 g/mol. The fourth-order valence-electron chi connectivity index (χ4n) is 0.921. The molecule has 1 rings (SSSR count). The predicted molar refractivity (Wildman–Crippen MR) is 57.5 cm³/mol. The van der Waals surface area contributed by atoms with Crippen LogP contribution in [0.15, 0.2) is 21.7 Å². The van der Waals surface area contributed by atoms with Crippen molar-refractivity contribution >= 4 is 33.7 Å². The number of rotatable bonds is 2. The van der Waals surface area contributed by atoms with Gasteiger partial charge in [-0.3, -0.25) is 0 Å². The van der Waals surface area contributed by atoms with Gasteiger partial charge in [0, 0.05) is 4.47 Å². The highest BCUT2D eigenvalue weighted by molar-refractivity contribution is 9.10. The number of hydrogen-bond acceptors (Lipinski definition) is 3. The Hall–Kier alpha value is -0.740. The molecule has 0 saturated carbocycles. The third-order valence-corrected chi connectivity index (χ3v) is 2.81. The van der Waals surface area contributed by atoms with Crippen molar-refractivity contribution in [2.75, 3.05) is 7.11 Å². The summed E-state index contributed by atoms with van der Waals surface area (Å²) in [6.45, 7) is 0. The van der Waals surface area contributed by atoms with Crippen molar-refractivity contribution in [2.24, 2.45) is 10.9 Å². The minimum absolute atomic E-state index is 0.536. The summed E-state index contributed by atoms with van der Waals surface area (Å²) in [5, 5.41) is 3.94. The van der Waals surface area contributed by atoms with Gasteiger partial charge in [-0.1, -0.05) is 11.6 Å². The maximum absolute atomic E-state index is 5.98. The summed E-state index contributed by atoms with van der Waals surface area (Å²) in [5.41, 5.74) is 0.668. The molecule has 0 heterocycles. The van der Waals surface area contributed by atoms with Crippen LogP contribution in [-0.4, -0.2) is 13.3 Å². The topological polar surface area (TPSA) is 47.6 Å². The van der Waals surface area contributed by atoms with Crippen molar-refractivity contribution < 1.29 is 4.74 Å². The van der Waals surface area contributed by atoms with Crippen LogP contribution in [0.25, 0.3) is 0 Å². The molecule has 1 aromatic rings. The van der Waals surface area contributed by atoms with E-state index in [0.29, 0.717) is 16.3 Å². The summed E-state index contributed by atoms with van der Waals surface area (Å²) in [6, 6.07) is 3.59. The van der Waals surface area contributed by atoms with Crippen LogP contribution in [0.3, 0.4) is 0 Å². The van der Waals surface area contributed by atoms with Gasteiger partial charge in [-0.15, -0.1) is 0 Å². The fourth-order valence-corrected chi connectivity index (χ4v) is 1.47. The van der Waals surface area contributed by atoms with E-state index >= 15 is 0 Å². The van der Waals surface area contributed by atoms with Gasteiger partial charge in [-0.2, -0.15) is 5.10 Å². The maximum atomic E-state index is 5.98. The largest absolute Gasteiger partial charge is 0.496 e. The lowest BCUT2D eigenvalue weighted by molar-refractivity contribution is 0.414. The first-order chi connectivity index (χ1) is 6.20. The molecule has 0 aliphatic carbocycles. The smallest absolute Gasteiger partial charge is 0.129 e. The molecule has 0 atom stereocenters. The predicted octanol–water partition coefficient (Wildman–Crippen LogP) is 2.40. The Kier molecular flexibility index (Phi) is 3.57. The molecule has 0 aliphatic rings. The van der Waals surface area contributed by atoms with Crippen molar-refractivity contribution in [3.63, 3.8) is 0 Å². The van der Waals surface area contributed by atoms with E-state index in [-0.39, 0.29) is 0 Å². The molecule has 0 aliphatic heterocycles. The van der Waals surface area contributed by atoms with Crippen LogP contribution in [0.5, 0.6) is 5.75 Å². The zero-order valence-corrected chi connectivity index (χ0v) is 9.26. The summed E-state index contributed by atoms with van der Waals surface area (Å²) < 4.78 is 5.86. The van der Waals surface area contributed by atoms with Gasteiger partial charge in [0.1, 0.15) is 5.75 Å². The first-order valence-corrected chi connectivity index (χ1v) is 4.63. The highest BCUT2D eigenvalue weighted by Gasteiger charge is 2.08. The molecule has 2 N–H and O–H groups in total. The monoisotopic (exact) mass is 262 g/mol. The number of nitrogens with two attached hydrogens (primary N) is 1. The average Bonchev–Trinajstić information content (AvgIpc) is 2.14. The fraction of sp³-hybridized carbons (Fsp3) is 0.125. The van der Waals surface area contributed by atoms with Crippen molar-refractivity contribution in [1.82, 2.24) is 0 Å². The number of hydrogen-bond donors (Lipinski definition) is 1. The average molecular weight is 264 g/mol. The van der Waals surface area contributed by atoms with Gasteiger partial charge in [0.2, 0.25) is 0 Å². The SMILES string of the molecule is COc1ccc(Br)c(Cl)c1C=NN. The van der Waals surface area contributed by atoms with Crippen LogP contribution in [0.4, 0.5) is 0 Å². The first kappa shape index (κ1) is 10.3. The standard InChI is InChI=1S/C8H8BrClN2O/c1-13-7-3-2-6(9)8(10)5(7)4-12-11/h2-4H,11H2,1H3. The summed E-state index contributed by atoms with van der Waals surface area (Å²) in [7, 11) is 1.56. The Labute approximate surface area is 89.7 Å². The molecule has 0 bridgehead atoms. The van der Waals surface area contributed by atoms with E-state index in [1.54, 1.807) is 19.2 Å². The Morgan fingerprint density at radius 2 is 2.31 bits per heavy atom. The van der Waals surface area contributed by atoms with Gasteiger partial charge in [0.15, 0.2) is 0 Å². The molecule has 0 saturated heterocycles. The van der Waals surface area contributed by atoms with Crippen LogP contribution in [0.1, 0.15) is 5.56 Å². The van der Waals surface area contributed by atoms with E-state index in [0.717, 1.165) is 4.47 Å². The lowest BCUT2D eigenvalue weighted by atomic mass is 10.2. The second-order valence-electron chi connectivity index (χ2n) is 2.26. The van der Waals surface area contributed by atoms with E-state index in [2.05, 4.69) is 21.0 Å². The molecule has 0 unspecified atom stereocenters. The normalized spacial score (nSPS) is 10.7. The van der Waals surface area contributed by atoms with Crippen LogP contribution >= 0.6 is 27.5 Å². The second-order valence-corrected chi connectivity index (χ2v) is 3.49.